The van der Waals surface area contributed by atoms with Gasteiger partial charge in [0, 0.05) is 24.0 Å². The number of ether oxygens (including phenoxy) is 1. The van der Waals surface area contributed by atoms with Gasteiger partial charge < -0.3 is 10.1 Å². The van der Waals surface area contributed by atoms with Gasteiger partial charge in [0.25, 0.3) is 0 Å². The van der Waals surface area contributed by atoms with Crippen molar-refractivity contribution in [1.82, 2.24) is 9.97 Å². The highest BCUT2D eigenvalue weighted by Crippen LogP contribution is 2.30. The summed E-state index contributed by atoms with van der Waals surface area (Å²) in [5.41, 5.74) is 1.01. The molecular weight excluding hydrogens is 302 g/mol. The summed E-state index contributed by atoms with van der Waals surface area (Å²) in [5.74, 6) is 1.28. The molecule has 4 nitrogen and oxygen atoms in total. The Morgan fingerprint density at radius 3 is 3.05 bits per heavy atom. The number of nitrogens with zero attached hydrogens (tertiary/aromatic N) is 2. The minimum absolute atomic E-state index is 0.385. The Morgan fingerprint density at radius 1 is 1.38 bits per heavy atom. The van der Waals surface area contributed by atoms with Crippen LogP contribution in [0.4, 0.5) is 5.13 Å². The molecule has 1 unspecified atom stereocenters. The van der Waals surface area contributed by atoms with Gasteiger partial charge in [-0.2, -0.15) is 0 Å². The molecule has 0 saturated heterocycles. The van der Waals surface area contributed by atoms with Crippen molar-refractivity contribution in [3.63, 3.8) is 0 Å². The molecule has 21 heavy (non-hydrogen) atoms. The van der Waals surface area contributed by atoms with Crippen LogP contribution in [0.15, 0.2) is 29.8 Å². The third-order valence-electron chi connectivity index (χ3n) is 3.10. The van der Waals surface area contributed by atoms with Crippen LogP contribution in [0.2, 0.25) is 0 Å². The number of hydrogen-bond acceptors (Lipinski definition) is 6. The lowest BCUT2D eigenvalue weighted by Gasteiger charge is -2.08. The van der Waals surface area contributed by atoms with Gasteiger partial charge in [0.2, 0.25) is 0 Å². The van der Waals surface area contributed by atoms with Crippen LogP contribution in [-0.4, -0.2) is 23.1 Å². The van der Waals surface area contributed by atoms with Crippen LogP contribution < -0.4 is 10.1 Å². The Morgan fingerprint density at radius 2 is 2.29 bits per heavy atom. The Kier molecular flexibility index (Phi) is 4.36. The summed E-state index contributed by atoms with van der Waals surface area (Å²) in [6.07, 6.45) is 1.85. The fourth-order valence-corrected chi connectivity index (χ4v) is 3.64. The summed E-state index contributed by atoms with van der Waals surface area (Å²) in [7, 11) is 0. The number of anilines is 1. The first-order chi connectivity index (χ1) is 10.3. The van der Waals surface area contributed by atoms with Crippen molar-refractivity contribution >= 4 is 38.0 Å². The van der Waals surface area contributed by atoms with Crippen LogP contribution in [0.3, 0.4) is 0 Å². The Hall–Kier alpha value is -1.66. The maximum absolute atomic E-state index is 5.52. The largest absolute Gasteiger partial charge is 0.494 e. The number of rotatable bonds is 6. The van der Waals surface area contributed by atoms with E-state index in [0.717, 1.165) is 32.7 Å². The molecular formula is C15H17N3OS2. The maximum atomic E-state index is 5.52. The molecule has 0 aliphatic carbocycles. The second-order valence-electron chi connectivity index (χ2n) is 4.73. The monoisotopic (exact) mass is 319 g/mol. The molecule has 0 aliphatic rings. The molecule has 3 aromatic rings. The lowest BCUT2D eigenvalue weighted by atomic mass is 10.2. The predicted molar refractivity (Wildman–Crippen MR) is 89.8 cm³/mol. The molecule has 1 atom stereocenters. The summed E-state index contributed by atoms with van der Waals surface area (Å²) in [6.45, 7) is 5.68. The number of fused-ring (bicyclic) bond motifs is 1. The van der Waals surface area contributed by atoms with Crippen molar-refractivity contribution < 1.29 is 4.74 Å². The minimum Gasteiger partial charge on any atom is -0.494 e. The molecule has 2 heterocycles. The summed E-state index contributed by atoms with van der Waals surface area (Å²) >= 11 is 3.35. The molecule has 2 aromatic heterocycles. The van der Waals surface area contributed by atoms with Gasteiger partial charge in [-0.25, -0.2) is 9.97 Å². The number of aromatic nitrogens is 2. The molecule has 0 spiro atoms. The van der Waals surface area contributed by atoms with Gasteiger partial charge in [-0.3, -0.25) is 0 Å². The average molecular weight is 319 g/mol. The van der Waals surface area contributed by atoms with E-state index in [0.29, 0.717) is 12.5 Å². The lowest BCUT2D eigenvalue weighted by molar-refractivity contribution is 0.341. The molecule has 0 bridgehead atoms. The zero-order chi connectivity index (χ0) is 14.7. The van der Waals surface area contributed by atoms with Gasteiger partial charge in [-0.05, 0) is 25.1 Å². The van der Waals surface area contributed by atoms with E-state index in [1.807, 2.05) is 36.7 Å². The van der Waals surface area contributed by atoms with Gasteiger partial charge in [0.1, 0.15) is 5.75 Å². The maximum Gasteiger partial charge on any atom is 0.183 e. The highest BCUT2D eigenvalue weighted by molar-refractivity contribution is 7.22. The van der Waals surface area contributed by atoms with E-state index >= 15 is 0 Å². The van der Waals surface area contributed by atoms with E-state index in [1.54, 1.807) is 22.7 Å². The second kappa shape index (κ2) is 6.41. The van der Waals surface area contributed by atoms with Crippen molar-refractivity contribution in [1.29, 1.82) is 0 Å². The van der Waals surface area contributed by atoms with E-state index in [2.05, 4.69) is 22.2 Å². The number of nitrogens with one attached hydrogen (secondary N) is 1. The molecule has 0 saturated carbocycles. The highest BCUT2D eigenvalue weighted by atomic mass is 32.1. The van der Waals surface area contributed by atoms with Crippen molar-refractivity contribution in [2.24, 2.45) is 0 Å². The summed E-state index contributed by atoms with van der Waals surface area (Å²) in [6, 6.07) is 6.02. The van der Waals surface area contributed by atoms with Crippen molar-refractivity contribution in [3.05, 3.63) is 34.8 Å². The van der Waals surface area contributed by atoms with Gasteiger partial charge in [-0.1, -0.05) is 18.3 Å². The van der Waals surface area contributed by atoms with Crippen molar-refractivity contribution in [3.8, 4) is 5.75 Å². The fraction of sp³-hybridized carbons (Fsp3) is 0.333. The normalized spacial score (nSPS) is 12.5. The number of thiazole rings is 2. The summed E-state index contributed by atoms with van der Waals surface area (Å²) in [4.78, 5) is 8.95. The van der Waals surface area contributed by atoms with Crippen LogP contribution in [0, 0.1) is 0 Å². The molecule has 1 aromatic carbocycles. The minimum atomic E-state index is 0.385. The standard InChI is InChI=1S/C15H17N3OS2/c1-3-19-11-4-5-12-13(8-11)21-15(18-12)17-9-10(2)14-16-6-7-20-14/h4-8,10H,3,9H2,1-2H3,(H,17,18). The Balaban J connectivity index is 1.69. The van der Waals surface area contributed by atoms with Gasteiger partial charge in [0.05, 0.1) is 21.8 Å². The SMILES string of the molecule is CCOc1ccc2nc(NCC(C)c3nccs3)sc2c1. The third-order valence-corrected chi connectivity index (χ3v) is 5.09. The first-order valence-electron chi connectivity index (χ1n) is 6.93. The second-order valence-corrected chi connectivity index (χ2v) is 6.69. The predicted octanol–water partition coefficient (Wildman–Crippen LogP) is 4.37. The quantitative estimate of drug-likeness (QED) is 0.733. The van der Waals surface area contributed by atoms with E-state index in [9.17, 15) is 0 Å². The van der Waals surface area contributed by atoms with Gasteiger partial charge in [-0.15, -0.1) is 11.3 Å². The molecule has 1 N–H and O–H groups in total. The fourth-order valence-electron chi connectivity index (χ4n) is 2.04. The van der Waals surface area contributed by atoms with Crippen molar-refractivity contribution in [2.75, 3.05) is 18.5 Å². The number of hydrogen-bond donors (Lipinski definition) is 1. The van der Waals surface area contributed by atoms with E-state index in [-0.39, 0.29) is 0 Å². The molecule has 0 fully saturated rings. The van der Waals surface area contributed by atoms with Crippen LogP contribution in [0.25, 0.3) is 10.2 Å². The summed E-state index contributed by atoms with van der Waals surface area (Å²) in [5, 5.41) is 7.52. The molecule has 0 radical (unpaired) electrons. The number of benzene rings is 1. The third kappa shape index (κ3) is 3.33. The summed E-state index contributed by atoms with van der Waals surface area (Å²) < 4.78 is 6.67. The lowest BCUT2D eigenvalue weighted by Crippen LogP contribution is -2.09. The Labute approximate surface area is 131 Å². The van der Waals surface area contributed by atoms with Crippen LogP contribution in [-0.2, 0) is 0 Å². The molecule has 6 heteroatoms. The zero-order valence-corrected chi connectivity index (χ0v) is 13.6. The van der Waals surface area contributed by atoms with Crippen LogP contribution in [0.1, 0.15) is 24.8 Å². The van der Waals surface area contributed by atoms with E-state index in [4.69, 9.17) is 4.74 Å². The zero-order valence-electron chi connectivity index (χ0n) is 12.0. The Bertz CT molecular complexity index is 709. The molecule has 0 aliphatic heterocycles. The smallest absolute Gasteiger partial charge is 0.183 e. The average Bonchev–Trinajstić information content (AvgIpc) is 3.13. The topological polar surface area (TPSA) is 47.0 Å². The molecule has 3 rings (SSSR count). The first-order valence-corrected chi connectivity index (χ1v) is 8.62. The van der Waals surface area contributed by atoms with Gasteiger partial charge in [0.15, 0.2) is 5.13 Å². The molecule has 110 valence electrons. The highest BCUT2D eigenvalue weighted by Gasteiger charge is 2.10. The van der Waals surface area contributed by atoms with Gasteiger partial charge >= 0.3 is 0 Å². The van der Waals surface area contributed by atoms with Crippen LogP contribution >= 0.6 is 22.7 Å². The van der Waals surface area contributed by atoms with Crippen LogP contribution in [0.5, 0.6) is 5.75 Å². The van der Waals surface area contributed by atoms with E-state index < -0.39 is 0 Å². The molecule has 0 amide bonds. The van der Waals surface area contributed by atoms with Crippen molar-refractivity contribution in [2.45, 2.75) is 19.8 Å². The van der Waals surface area contributed by atoms with E-state index in [1.165, 1.54) is 0 Å². The first kappa shape index (κ1) is 14.3.